The number of aromatic hydroxyl groups is 1. The van der Waals surface area contributed by atoms with Crippen molar-refractivity contribution in [1.82, 2.24) is 4.72 Å². The largest absolute Gasteiger partial charge is 0.506 e. The van der Waals surface area contributed by atoms with Crippen LogP contribution in [-0.2, 0) is 15.0 Å². The molecule has 0 bridgehead atoms. The Hall–Kier alpha value is -2.35. The normalized spacial score (nSPS) is 17.0. The van der Waals surface area contributed by atoms with Crippen molar-refractivity contribution in [3.8, 4) is 5.75 Å². The number of hydrogen-bond acceptors (Lipinski definition) is 4. The third-order valence-corrected chi connectivity index (χ3v) is 4.02. The van der Waals surface area contributed by atoms with Gasteiger partial charge in [-0.2, -0.15) is 8.42 Å². The Kier molecular flexibility index (Phi) is 3.99. The third kappa shape index (κ3) is 3.60. The van der Waals surface area contributed by atoms with E-state index in [1.54, 1.807) is 25.1 Å². The molecule has 1 aliphatic rings. The quantitative estimate of drug-likeness (QED) is 0.731. The standard InChI is InChI=1S/C13H15N3O4S/c1-8-10(9(2)16-21(19,20)15-8)7-13(18)14-11-5-3-4-6-12(11)17/h3-6,15,17H,7H2,1-2H3,(H,14,18). The van der Waals surface area contributed by atoms with Crippen LogP contribution in [-0.4, -0.2) is 25.1 Å². The number of hydrogen-bond donors (Lipinski definition) is 3. The Labute approximate surface area is 122 Å². The van der Waals surface area contributed by atoms with E-state index in [4.69, 9.17) is 0 Å². The number of phenols is 1. The molecule has 7 nitrogen and oxygen atoms in total. The van der Waals surface area contributed by atoms with Gasteiger partial charge in [0.1, 0.15) is 5.75 Å². The summed E-state index contributed by atoms with van der Waals surface area (Å²) >= 11 is 0. The molecule has 0 radical (unpaired) electrons. The summed E-state index contributed by atoms with van der Waals surface area (Å²) in [4.78, 5) is 12.0. The zero-order chi connectivity index (χ0) is 15.6. The Bertz CT molecular complexity index is 750. The van der Waals surface area contributed by atoms with Crippen LogP contribution >= 0.6 is 0 Å². The number of rotatable bonds is 3. The number of para-hydroxylation sites is 2. The van der Waals surface area contributed by atoms with Gasteiger partial charge in [-0.05, 0) is 26.0 Å². The number of carbonyl (C=O) groups is 1. The van der Waals surface area contributed by atoms with E-state index >= 15 is 0 Å². The fourth-order valence-corrected chi connectivity index (χ4v) is 3.01. The van der Waals surface area contributed by atoms with E-state index in [-0.39, 0.29) is 23.8 Å². The molecule has 2 rings (SSSR count). The van der Waals surface area contributed by atoms with Crippen molar-refractivity contribution < 1.29 is 18.3 Å². The summed E-state index contributed by atoms with van der Waals surface area (Å²) < 4.78 is 28.5. The predicted molar refractivity (Wildman–Crippen MR) is 79.2 cm³/mol. The maximum atomic E-state index is 12.0. The number of carbonyl (C=O) groups excluding carboxylic acids is 1. The molecule has 0 aliphatic carbocycles. The number of allylic oxidation sites excluding steroid dienone is 1. The van der Waals surface area contributed by atoms with Crippen molar-refractivity contribution in [2.75, 3.05) is 5.32 Å². The zero-order valence-corrected chi connectivity index (χ0v) is 12.4. The van der Waals surface area contributed by atoms with Crippen molar-refractivity contribution in [3.05, 3.63) is 35.5 Å². The lowest BCUT2D eigenvalue weighted by molar-refractivity contribution is -0.115. The van der Waals surface area contributed by atoms with Gasteiger partial charge in [0.05, 0.1) is 17.8 Å². The number of amides is 1. The van der Waals surface area contributed by atoms with Crippen LogP contribution in [0.15, 0.2) is 39.9 Å². The summed E-state index contributed by atoms with van der Waals surface area (Å²) in [5.74, 6) is -0.409. The highest BCUT2D eigenvalue weighted by Crippen LogP contribution is 2.23. The van der Waals surface area contributed by atoms with Crippen LogP contribution in [0, 0.1) is 0 Å². The van der Waals surface area contributed by atoms with Gasteiger partial charge in [-0.15, -0.1) is 4.40 Å². The molecule has 0 atom stereocenters. The summed E-state index contributed by atoms with van der Waals surface area (Å²) in [5, 5.41) is 12.2. The van der Waals surface area contributed by atoms with E-state index in [0.717, 1.165) is 0 Å². The van der Waals surface area contributed by atoms with E-state index in [9.17, 15) is 18.3 Å². The van der Waals surface area contributed by atoms with Crippen LogP contribution in [0.25, 0.3) is 0 Å². The number of nitrogens with zero attached hydrogens (tertiary/aromatic N) is 1. The van der Waals surface area contributed by atoms with E-state index in [2.05, 4.69) is 14.4 Å². The van der Waals surface area contributed by atoms with Crippen LogP contribution in [0.5, 0.6) is 5.75 Å². The van der Waals surface area contributed by atoms with E-state index in [0.29, 0.717) is 17.0 Å². The minimum absolute atomic E-state index is 0.0358. The Morgan fingerprint density at radius 3 is 2.62 bits per heavy atom. The van der Waals surface area contributed by atoms with Gasteiger partial charge in [-0.25, -0.2) is 0 Å². The third-order valence-electron chi connectivity index (χ3n) is 2.94. The number of phenolic OH excluding ortho intramolecular Hbond substituents is 1. The molecule has 1 heterocycles. The second-order valence-electron chi connectivity index (χ2n) is 4.60. The molecule has 0 fully saturated rings. The first-order valence-corrected chi connectivity index (χ1v) is 7.60. The average molecular weight is 309 g/mol. The Morgan fingerprint density at radius 2 is 2.00 bits per heavy atom. The highest BCUT2D eigenvalue weighted by molar-refractivity contribution is 7.88. The smallest absolute Gasteiger partial charge is 0.342 e. The van der Waals surface area contributed by atoms with Crippen LogP contribution in [0.4, 0.5) is 5.69 Å². The molecule has 1 amide bonds. The van der Waals surface area contributed by atoms with E-state index in [1.165, 1.54) is 13.0 Å². The molecule has 1 aromatic carbocycles. The lowest BCUT2D eigenvalue weighted by atomic mass is 10.1. The molecule has 3 N–H and O–H groups in total. The number of benzene rings is 1. The Morgan fingerprint density at radius 1 is 1.33 bits per heavy atom. The predicted octanol–water partition coefficient (Wildman–Crippen LogP) is 1.30. The fourth-order valence-electron chi connectivity index (χ4n) is 1.98. The molecule has 1 aromatic rings. The van der Waals surface area contributed by atoms with Gasteiger partial charge in [0, 0.05) is 11.3 Å². The average Bonchev–Trinajstić information content (AvgIpc) is 2.35. The molecule has 0 saturated carbocycles. The maximum Gasteiger partial charge on any atom is 0.342 e. The number of anilines is 1. The minimum atomic E-state index is -3.71. The molecular weight excluding hydrogens is 294 g/mol. The van der Waals surface area contributed by atoms with Crippen LogP contribution in [0.3, 0.4) is 0 Å². The molecule has 21 heavy (non-hydrogen) atoms. The minimum Gasteiger partial charge on any atom is -0.506 e. The Balaban J connectivity index is 2.14. The summed E-state index contributed by atoms with van der Waals surface area (Å²) in [7, 11) is -3.71. The number of nitrogens with one attached hydrogen (secondary N) is 2. The molecule has 112 valence electrons. The molecule has 0 aromatic heterocycles. The topological polar surface area (TPSA) is 108 Å². The van der Waals surface area contributed by atoms with Crippen LogP contribution < -0.4 is 10.0 Å². The van der Waals surface area contributed by atoms with Crippen LogP contribution in [0.1, 0.15) is 20.3 Å². The molecule has 0 unspecified atom stereocenters. The lowest BCUT2D eigenvalue weighted by Crippen LogP contribution is -2.29. The first-order chi connectivity index (χ1) is 9.78. The molecule has 0 spiro atoms. The summed E-state index contributed by atoms with van der Waals surface area (Å²) in [5.41, 5.74) is 1.46. The van der Waals surface area contributed by atoms with Gasteiger partial charge in [-0.1, -0.05) is 12.1 Å². The van der Waals surface area contributed by atoms with Gasteiger partial charge in [0.15, 0.2) is 0 Å². The summed E-state index contributed by atoms with van der Waals surface area (Å²) in [6.07, 6.45) is -0.0436. The molecule has 0 saturated heterocycles. The zero-order valence-electron chi connectivity index (χ0n) is 11.5. The van der Waals surface area contributed by atoms with Gasteiger partial charge in [0.2, 0.25) is 5.91 Å². The van der Waals surface area contributed by atoms with Gasteiger partial charge in [0.25, 0.3) is 0 Å². The maximum absolute atomic E-state index is 12.0. The molecule has 1 aliphatic heterocycles. The van der Waals surface area contributed by atoms with E-state index in [1.807, 2.05) is 0 Å². The van der Waals surface area contributed by atoms with Crippen LogP contribution in [0.2, 0.25) is 0 Å². The van der Waals surface area contributed by atoms with Crippen molar-refractivity contribution in [1.29, 1.82) is 0 Å². The second-order valence-corrected chi connectivity index (χ2v) is 5.94. The van der Waals surface area contributed by atoms with Gasteiger partial charge < -0.3 is 10.4 Å². The SMILES string of the molecule is CC1=NS(=O)(=O)NC(C)=C1CC(=O)Nc1ccccc1O. The molecule has 8 heteroatoms. The lowest BCUT2D eigenvalue weighted by Gasteiger charge is -2.17. The highest BCUT2D eigenvalue weighted by Gasteiger charge is 2.22. The summed E-state index contributed by atoms with van der Waals surface area (Å²) in [6, 6.07) is 6.35. The van der Waals surface area contributed by atoms with Crippen molar-refractivity contribution in [3.63, 3.8) is 0 Å². The fraction of sp³-hybridized carbons (Fsp3) is 0.231. The van der Waals surface area contributed by atoms with Crippen molar-refractivity contribution >= 4 is 27.5 Å². The van der Waals surface area contributed by atoms with Crippen molar-refractivity contribution in [2.45, 2.75) is 20.3 Å². The monoisotopic (exact) mass is 309 g/mol. The first-order valence-electron chi connectivity index (χ1n) is 6.16. The van der Waals surface area contributed by atoms with Gasteiger partial charge >= 0.3 is 10.2 Å². The second kappa shape index (κ2) is 5.57. The molecular formula is C13H15N3O4S. The van der Waals surface area contributed by atoms with Crippen molar-refractivity contribution in [2.24, 2.45) is 4.40 Å². The summed E-state index contributed by atoms with van der Waals surface area (Å²) in [6.45, 7) is 3.10. The first kappa shape index (κ1) is 15.0. The van der Waals surface area contributed by atoms with E-state index < -0.39 is 10.2 Å². The van der Waals surface area contributed by atoms with Gasteiger partial charge in [-0.3, -0.25) is 9.52 Å². The highest BCUT2D eigenvalue weighted by atomic mass is 32.2.